The molecule has 0 amide bonds. The molecule has 0 bridgehead atoms. The van der Waals surface area contributed by atoms with Gasteiger partial charge in [-0.3, -0.25) is 4.68 Å². The van der Waals surface area contributed by atoms with Gasteiger partial charge in [-0.2, -0.15) is 18.3 Å². The van der Waals surface area contributed by atoms with E-state index >= 15 is 0 Å². The van der Waals surface area contributed by atoms with Crippen LogP contribution in [0.4, 0.5) is 13.2 Å². The molecular weight excluding hydrogens is 267 g/mol. The van der Waals surface area contributed by atoms with E-state index in [4.69, 9.17) is 0 Å². The van der Waals surface area contributed by atoms with E-state index < -0.39 is 12.6 Å². The minimum atomic E-state index is -4.09. The Bertz CT molecular complexity index is 399. The molecule has 1 heterocycles. The number of aromatic nitrogens is 2. The van der Waals surface area contributed by atoms with Crippen molar-refractivity contribution < 1.29 is 13.2 Å². The number of hydrogen-bond donors (Lipinski definition) is 1. The fraction of sp³-hybridized carbons (Fsp3) is 0.786. The molecule has 0 fully saturated rings. The molecule has 116 valence electrons. The summed E-state index contributed by atoms with van der Waals surface area (Å²) in [7, 11) is 1.84. The molecule has 0 aromatic carbocycles. The summed E-state index contributed by atoms with van der Waals surface area (Å²) in [5.74, 6) is 0. The first kappa shape index (κ1) is 17.0. The molecule has 1 unspecified atom stereocenters. The molecule has 0 saturated carbocycles. The van der Waals surface area contributed by atoms with Crippen LogP contribution in [0.15, 0.2) is 6.07 Å². The van der Waals surface area contributed by atoms with Crippen LogP contribution >= 0.6 is 0 Å². The van der Waals surface area contributed by atoms with Gasteiger partial charge in [-0.05, 0) is 31.9 Å². The molecule has 1 aromatic heterocycles. The van der Waals surface area contributed by atoms with E-state index in [9.17, 15) is 13.2 Å². The first-order valence-electron chi connectivity index (χ1n) is 7.17. The number of aryl methyl sites for hydroxylation is 2. The monoisotopic (exact) mass is 291 g/mol. The van der Waals surface area contributed by atoms with E-state index in [1.54, 1.807) is 4.68 Å². The summed E-state index contributed by atoms with van der Waals surface area (Å²) in [6.07, 6.45) is -2.40. The molecule has 0 spiro atoms. The lowest BCUT2D eigenvalue weighted by Crippen LogP contribution is -2.33. The Morgan fingerprint density at radius 1 is 1.35 bits per heavy atom. The van der Waals surface area contributed by atoms with E-state index in [-0.39, 0.29) is 12.5 Å². The summed E-state index contributed by atoms with van der Waals surface area (Å²) in [4.78, 5) is 0. The SMILES string of the molecule is CCCNC(CCC(F)(F)F)Cc1cc(CC)nn1C. The number of nitrogens with one attached hydrogen (secondary N) is 1. The fourth-order valence-corrected chi connectivity index (χ4v) is 2.15. The van der Waals surface area contributed by atoms with Gasteiger partial charge >= 0.3 is 6.18 Å². The third-order valence-electron chi connectivity index (χ3n) is 3.30. The summed E-state index contributed by atoms with van der Waals surface area (Å²) in [6, 6.07) is 1.82. The highest BCUT2D eigenvalue weighted by atomic mass is 19.4. The van der Waals surface area contributed by atoms with Crippen molar-refractivity contribution in [2.24, 2.45) is 7.05 Å². The molecule has 0 aliphatic rings. The zero-order valence-corrected chi connectivity index (χ0v) is 12.4. The Morgan fingerprint density at radius 2 is 2.05 bits per heavy atom. The average molecular weight is 291 g/mol. The van der Waals surface area contributed by atoms with Gasteiger partial charge in [0.2, 0.25) is 0 Å². The summed E-state index contributed by atoms with van der Waals surface area (Å²) >= 11 is 0. The van der Waals surface area contributed by atoms with E-state index in [1.165, 1.54) is 0 Å². The first-order valence-corrected chi connectivity index (χ1v) is 7.17. The lowest BCUT2D eigenvalue weighted by Gasteiger charge is -2.19. The maximum absolute atomic E-state index is 12.4. The summed E-state index contributed by atoms with van der Waals surface area (Å²) in [6.45, 7) is 4.76. The molecule has 1 N–H and O–H groups in total. The largest absolute Gasteiger partial charge is 0.389 e. The smallest absolute Gasteiger partial charge is 0.314 e. The number of alkyl halides is 3. The highest BCUT2D eigenvalue weighted by Crippen LogP contribution is 2.23. The van der Waals surface area contributed by atoms with Crippen molar-refractivity contribution in [2.75, 3.05) is 6.54 Å². The Morgan fingerprint density at radius 3 is 2.55 bits per heavy atom. The lowest BCUT2D eigenvalue weighted by molar-refractivity contribution is -0.136. The third kappa shape index (κ3) is 5.94. The normalized spacial score (nSPS) is 13.7. The standard InChI is InChI=1S/C14H24F3N3/c1-4-8-18-12(6-7-14(15,16)17)10-13-9-11(5-2)19-20(13)3/h9,12,18H,4-8,10H2,1-3H3. The molecule has 0 radical (unpaired) electrons. The molecule has 3 nitrogen and oxygen atoms in total. The number of rotatable bonds is 8. The highest BCUT2D eigenvalue weighted by Gasteiger charge is 2.28. The number of halogens is 3. The van der Waals surface area contributed by atoms with Crippen LogP contribution in [-0.2, 0) is 19.9 Å². The average Bonchev–Trinajstić information content (AvgIpc) is 2.72. The van der Waals surface area contributed by atoms with Gasteiger partial charge in [0, 0.05) is 31.6 Å². The van der Waals surface area contributed by atoms with Crippen LogP contribution in [0.2, 0.25) is 0 Å². The second-order valence-electron chi connectivity index (χ2n) is 5.11. The van der Waals surface area contributed by atoms with Crippen molar-refractivity contribution in [2.45, 2.75) is 58.2 Å². The highest BCUT2D eigenvalue weighted by molar-refractivity contribution is 5.11. The maximum Gasteiger partial charge on any atom is 0.389 e. The van der Waals surface area contributed by atoms with E-state index in [0.717, 1.165) is 30.8 Å². The fourth-order valence-electron chi connectivity index (χ4n) is 2.15. The Balaban J connectivity index is 2.64. The van der Waals surface area contributed by atoms with Crippen LogP contribution in [0, 0.1) is 0 Å². The Hall–Kier alpha value is -1.04. The van der Waals surface area contributed by atoms with Crippen LogP contribution in [0.3, 0.4) is 0 Å². The molecule has 0 aliphatic heterocycles. The van der Waals surface area contributed by atoms with Gasteiger partial charge in [-0.25, -0.2) is 0 Å². The number of hydrogen-bond acceptors (Lipinski definition) is 2. The predicted molar refractivity (Wildman–Crippen MR) is 73.7 cm³/mol. The Kier molecular flexibility index (Phi) is 6.52. The molecule has 1 atom stereocenters. The molecule has 1 rings (SSSR count). The van der Waals surface area contributed by atoms with Gasteiger partial charge in [0.25, 0.3) is 0 Å². The van der Waals surface area contributed by atoms with Crippen LogP contribution in [0.25, 0.3) is 0 Å². The minimum Gasteiger partial charge on any atom is -0.314 e. The van der Waals surface area contributed by atoms with Crippen LogP contribution in [-0.4, -0.2) is 28.5 Å². The van der Waals surface area contributed by atoms with Crippen molar-refractivity contribution >= 4 is 0 Å². The first-order chi connectivity index (χ1) is 9.35. The minimum absolute atomic E-state index is 0.107. The van der Waals surface area contributed by atoms with Gasteiger partial charge in [-0.1, -0.05) is 13.8 Å². The van der Waals surface area contributed by atoms with E-state index in [1.807, 2.05) is 27.0 Å². The van der Waals surface area contributed by atoms with Gasteiger partial charge in [0.05, 0.1) is 5.69 Å². The van der Waals surface area contributed by atoms with Crippen LogP contribution < -0.4 is 5.32 Å². The van der Waals surface area contributed by atoms with Crippen molar-refractivity contribution in [3.05, 3.63) is 17.5 Å². The summed E-state index contributed by atoms with van der Waals surface area (Å²) < 4.78 is 38.9. The topological polar surface area (TPSA) is 29.9 Å². The second-order valence-corrected chi connectivity index (χ2v) is 5.11. The Labute approximate surface area is 118 Å². The van der Waals surface area contributed by atoms with Crippen molar-refractivity contribution in [1.29, 1.82) is 0 Å². The number of nitrogens with zero attached hydrogens (tertiary/aromatic N) is 2. The van der Waals surface area contributed by atoms with Gasteiger partial charge in [0.15, 0.2) is 0 Å². The predicted octanol–water partition coefficient (Wildman–Crippen LogP) is 3.24. The summed E-state index contributed by atoms with van der Waals surface area (Å²) in [5.41, 5.74) is 1.96. The molecule has 1 aromatic rings. The van der Waals surface area contributed by atoms with Crippen molar-refractivity contribution in [3.8, 4) is 0 Å². The van der Waals surface area contributed by atoms with E-state index in [2.05, 4.69) is 10.4 Å². The van der Waals surface area contributed by atoms with Crippen LogP contribution in [0.1, 0.15) is 44.5 Å². The molecule has 6 heteroatoms. The maximum atomic E-state index is 12.4. The zero-order valence-electron chi connectivity index (χ0n) is 12.4. The molecule has 0 aliphatic carbocycles. The summed E-state index contributed by atoms with van der Waals surface area (Å²) in [5, 5.41) is 7.54. The molecular formula is C14H24F3N3. The van der Waals surface area contributed by atoms with Crippen molar-refractivity contribution in [3.63, 3.8) is 0 Å². The second kappa shape index (κ2) is 7.67. The van der Waals surface area contributed by atoms with Crippen molar-refractivity contribution in [1.82, 2.24) is 15.1 Å². The van der Waals surface area contributed by atoms with Gasteiger partial charge < -0.3 is 5.32 Å². The third-order valence-corrected chi connectivity index (χ3v) is 3.30. The zero-order chi connectivity index (χ0) is 15.2. The van der Waals surface area contributed by atoms with Gasteiger partial charge in [0.1, 0.15) is 0 Å². The molecule has 0 saturated heterocycles. The van der Waals surface area contributed by atoms with Gasteiger partial charge in [-0.15, -0.1) is 0 Å². The molecule has 20 heavy (non-hydrogen) atoms. The lowest BCUT2D eigenvalue weighted by atomic mass is 10.0. The van der Waals surface area contributed by atoms with E-state index in [0.29, 0.717) is 6.42 Å². The quantitative estimate of drug-likeness (QED) is 0.797. The van der Waals surface area contributed by atoms with Crippen LogP contribution in [0.5, 0.6) is 0 Å².